The number of hydrogen-bond acceptors (Lipinski definition) is 8. The number of nitrogens with zero attached hydrogens (tertiary/aromatic N) is 4. The number of carboxylic acid groups (broad SMARTS) is 1. The zero-order valence-electron chi connectivity index (χ0n) is 23.5. The molecule has 0 saturated carbocycles. The second kappa shape index (κ2) is 15.3. The van der Waals surface area contributed by atoms with Crippen molar-refractivity contribution in [1.29, 1.82) is 0 Å². The van der Waals surface area contributed by atoms with Gasteiger partial charge in [0, 0.05) is 50.8 Å². The fourth-order valence-corrected chi connectivity index (χ4v) is 3.75. The maximum atomic E-state index is 13.9. The van der Waals surface area contributed by atoms with E-state index in [0.717, 1.165) is 38.5 Å². The molecule has 4 N–H and O–H groups in total. The van der Waals surface area contributed by atoms with Gasteiger partial charge in [-0.25, -0.2) is 19.0 Å². The summed E-state index contributed by atoms with van der Waals surface area (Å²) in [7, 11) is 1.82. The SMILES string of the molecule is CN(c1ccc(NC(=O)Nc2cc(C(F)(F)F)ccc2F)cc1)c1ccnc(NCCN2CCOCC2)n1.O=C(O)C(F)(F)F. The number of urea groups is 1. The summed E-state index contributed by atoms with van der Waals surface area (Å²) < 4.78 is 89.7. The van der Waals surface area contributed by atoms with Gasteiger partial charge in [-0.05, 0) is 48.5 Å². The van der Waals surface area contributed by atoms with Gasteiger partial charge in [-0.2, -0.15) is 31.3 Å². The molecule has 1 aliphatic heterocycles. The molecule has 11 nitrogen and oxygen atoms in total. The molecule has 1 aromatic heterocycles. The van der Waals surface area contributed by atoms with Crippen LogP contribution in [-0.2, 0) is 15.7 Å². The number of carboxylic acids is 1. The molecule has 0 bridgehead atoms. The third kappa shape index (κ3) is 11.1. The molecule has 0 unspecified atom stereocenters. The minimum Gasteiger partial charge on any atom is -0.475 e. The van der Waals surface area contributed by atoms with Crippen molar-refractivity contribution in [2.45, 2.75) is 12.4 Å². The molecule has 1 fully saturated rings. The number of carbonyl (C=O) groups excluding carboxylic acids is 1. The molecular formula is C27H28F7N7O4. The van der Waals surface area contributed by atoms with E-state index in [1.54, 1.807) is 36.5 Å². The van der Waals surface area contributed by atoms with Crippen LogP contribution in [0, 0.1) is 5.82 Å². The van der Waals surface area contributed by atoms with Crippen LogP contribution in [0.25, 0.3) is 0 Å². The number of morpholine rings is 1. The van der Waals surface area contributed by atoms with Gasteiger partial charge in [0.05, 0.1) is 24.5 Å². The number of benzene rings is 2. The predicted molar refractivity (Wildman–Crippen MR) is 150 cm³/mol. The molecule has 2 heterocycles. The quantitative estimate of drug-likeness (QED) is 0.237. The van der Waals surface area contributed by atoms with Crippen molar-refractivity contribution >= 4 is 40.8 Å². The van der Waals surface area contributed by atoms with E-state index < -0.39 is 41.4 Å². The van der Waals surface area contributed by atoms with Crippen molar-refractivity contribution in [3.63, 3.8) is 0 Å². The number of aliphatic carboxylic acids is 1. The Kier molecular flexibility index (Phi) is 11.9. The largest absolute Gasteiger partial charge is 0.490 e. The minimum absolute atomic E-state index is 0.361. The van der Waals surface area contributed by atoms with E-state index in [0.29, 0.717) is 42.2 Å². The van der Waals surface area contributed by atoms with E-state index in [1.807, 2.05) is 11.9 Å². The van der Waals surface area contributed by atoms with Crippen LogP contribution < -0.4 is 20.9 Å². The summed E-state index contributed by atoms with van der Waals surface area (Å²) >= 11 is 0. The highest BCUT2D eigenvalue weighted by Gasteiger charge is 2.38. The molecule has 0 radical (unpaired) electrons. The number of amides is 2. The lowest BCUT2D eigenvalue weighted by Gasteiger charge is -2.26. The molecule has 2 aromatic carbocycles. The number of alkyl halides is 6. The number of hydrogen-bond donors (Lipinski definition) is 4. The zero-order valence-corrected chi connectivity index (χ0v) is 23.5. The van der Waals surface area contributed by atoms with Crippen LogP contribution in [0.5, 0.6) is 0 Å². The van der Waals surface area contributed by atoms with E-state index in [2.05, 4.69) is 30.8 Å². The van der Waals surface area contributed by atoms with Crippen molar-refractivity contribution in [2.75, 3.05) is 67.3 Å². The summed E-state index contributed by atoms with van der Waals surface area (Å²) in [6.07, 6.45) is -8.09. The first-order valence-corrected chi connectivity index (χ1v) is 13.1. The van der Waals surface area contributed by atoms with Crippen LogP contribution in [0.4, 0.5) is 64.4 Å². The smallest absolute Gasteiger partial charge is 0.475 e. The van der Waals surface area contributed by atoms with Gasteiger partial charge in [-0.15, -0.1) is 0 Å². The van der Waals surface area contributed by atoms with Gasteiger partial charge in [-0.3, -0.25) is 4.90 Å². The number of ether oxygens (including phenoxy) is 1. The molecule has 0 aliphatic carbocycles. The average Bonchev–Trinajstić information content (AvgIpc) is 2.98. The van der Waals surface area contributed by atoms with Crippen LogP contribution in [-0.4, -0.2) is 84.6 Å². The van der Waals surface area contributed by atoms with Gasteiger partial charge in [0.15, 0.2) is 0 Å². The van der Waals surface area contributed by atoms with Gasteiger partial charge in [0.2, 0.25) is 5.95 Å². The average molecular weight is 648 g/mol. The summed E-state index contributed by atoms with van der Waals surface area (Å²) in [5.74, 6) is -2.59. The lowest BCUT2D eigenvalue weighted by atomic mass is 10.2. The van der Waals surface area contributed by atoms with Crippen LogP contribution in [0.3, 0.4) is 0 Å². The lowest BCUT2D eigenvalue weighted by molar-refractivity contribution is -0.192. The van der Waals surface area contributed by atoms with Gasteiger partial charge < -0.3 is 30.7 Å². The number of halogens is 7. The Bertz CT molecular complexity index is 1430. The van der Waals surface area contributed by atoms with Crippen molar-refractivity contribution in [3.8, 4) is 0 Å². The molecule has 0 atom stereocenters. The van der Waals surface area contributed by atoms with Gasteiger partial charge in [0.25, 0.3) is 0 Å². The second-order valence-corrected chi connectivity index (χ2v) is 9.30. The molecule has 45 heavy (non-hydrogen) atoms. The van der Waals surface area contributed by atoms with Crippen molar-refractivity contribution < 1.29 is 50.2 Å². The van der Waals surface area contributed by atoms with Crippen LogP contribution in [0.1, 0.15) is 5.56 Å². The Morgan fingerprint density at radius 1 is 1.00 bits per heavy atom. The Balaban J connectivity index is 0.000000707. The highest BCUT2D eigenvalue weighted by Crippen LogP contribution is 2.32. The fraction of sp³-hybridized carbons (Fsp3) is 0.333. The van der Waals surface area contributed by atoms with E-state index in [-0.39, 0.29) is 0 Å². The first kappa shape index (κ1) is 34.8. The zero-order chi connectivity index (χ0) is 33.2. The molecule has 1 saturated heterocycles. The lowest BCUT2D eigenvalue weighted by Crippen LogP contribution is -2.39. The molecule has 0 spiro atoms. The second-order valence-electron chi connectivity index (χ2n) is 9.30. The van der Waals surface area contributed by atoms with Gasteiger partial charge >= 0.3 is 24.4 Å². The summed E-state index contributed by atoms with van der Waals surface area (Å²) in [5.41, 5.74) is -0.522. The first-order valence-electron chi connectivity index (χ1n) is 13.1. The first-order chi connectivity index (χ1) is 21.1. The molecule has 3 aromatic rings. The van der Waals surface area contributed by atoms with Crippen LogP contribution >= 0.6 is 0 Å². The summed E-state index contributed by atoms with van der Waals surface area (Å²) in [6.45, 7) is 4.84. The molecule has 2 amide bonds. The monoisotopic (exact) mass is 647 g/mol. The topological polar surface area (TPSA) is 132 Å². The number of carbonyl (C=O) groups is 2. The van der Waals surface area contributed by atoms with Crippen molar-refractivity contribution in [1.82, 2.24) is 14.9 Å². The highest BCUT2D eigenvalue weighted by atomic mass is 19.4. The predicted octanol–water partition coefficient (Wildman–Crippen LogP) is 5.42. The maximum absolute atomic E-state index is 13.9. The van der Waals surface area contributed by atoms with E-state index >= 15 is 0 Å². The molecule has 18 heteroatoms. The summed E-state index contributed by atoms with van der Waals surface area (Å²) in [6, 6.07) is 9.36. The number of nitrogens with one attached hydrogen (secondary N) is 3. The molecule has 244 valence electrons. The maximum Gasteiger partial charge on any atom is 0.490 e. The van der Waals surface area contributed by atoms with Crippen molar-refractivity contribution in [2.24, 2.45) is 0 Å². The minimum atomic E-state index is -5.08. The standard InChI is InChI=1S/C25H27F4N7O2.C2HF3O2/c1-35(22-8-9-30-23(34-22)31-10-11-36-12-14-38-15-13-36)19-5-3-18(4-6-19)32-24(37)33-21-16-17(25(27,28)29)2-7-20(21)26;3-2(4,5)1(6)7/h2-9,16H,10-15H2,1H3,(H,30,31,34)(H2,32,33,37);(H,6,7). The third-order valence-corrected chi connectivity index (χ3v) is 6.10. The Morgan fingerprint density at radius 3 is 2.24 bits per heavy atom. The number of aromatic nitrogens is 2. The van der Waals surface area contributed by atoms with Crippen LogP contribution in [0.2, 0.25) is 0 Å². The third-order valence-electron chi connectivity index (χ3n) is 6.10. The normalized spacial score (nSPS) is 13.7. The highest BCUT2D eigenvalue weighted by molar-refractivity contribution is 6.00. The number of rotatable bonds is 8. The summed E-state index contributed by atoms with van der Waals surface area (Å²) in [5, 5.41) is 14.9. The summed E-state index contributed by atoms with van der Waals surface area (Å²) in [4.78, 5) is 34.1. The molecule has 4 rings (SSSR count). The van der Waals surface area contributed by atoms with Gasteiger partial charge in [0.1, 0.15) is 11.6 Å². The Morgan fingerprint density at radius 2 is 1.64 bits per heavy atom. The van der Waals surface area contributed by atoms with Crippen molar-refractivity contribution in [3.05, 3.63) is 66.1 Å². The Hall–Kier alpha value is -4.71. The van der Waals surface area contributed by atoms with Gasteiger partial charge in [-0.1, -0.05) is 0 Å². The Labute approximate surface area is 252 Å². The fourth-order valence-electron chi connectivity index (χ4n) is 3.75. The molecular weight excluding hydrogens is 619 g/mol. The molecule has 1 aliphatic rings. The van der Waals surface area contributed by atoms with Crippen LogP contribution in [0.15, 0.2) is 54.7 Å². The van der Waals surface area contributed by atoms with E-state index in [9.17, 15) is 35.5 Å². The number of anilines is 5. The van der Waals surface area contributed by atoms with E-state index in [4.69, 9.17) is 14.6 Å². The van der Waals surface area contributed by atoms with E-state index in [1.165, 1.54) is 0 Å².